The molecule has 1 aromatic heterocycles. The summed E-state index contributed by atoms with van der Waals surface area (Å²) in [4.78, 5) is 9.80. The molecule has 1 heterocycles. The topological polar surface area (TPSA) is 37.9 Å². The van der Waals surface area contributed by atoms with Crippen LogP contribution in [0.2, 0.25) is 0 Å². The Bertz CT molecular complexity index is 1960. The number of furan rings is 1. The van der Waals surface area contributed by atoms with Crippen LogP contribution in [0.1, 0.15) is 25.4 Å². The van der Waals surface area contributed by atoms with Gasteiger partial charge in [0.2, 0.25) is 0 Å². The normalized spacial score (nSPS) is 11.8. The molecule has 0 aliphatic carbocycles. The number of hydrogen-bond acceptors (Lipinski definition) is 3. The molecule has 7 aromatic rings. The van der Waals surface area contributed by atoms with Crippen molar-refractivity contribution in [2.75, 3.05) is 0 Å². The van der Waals surface area contributed by atoms with Gasteiger partial charge in [-0.3, -0.25) is 0 Å². The van der Waals surface area contributed by atoms with Crippen molar-refractivity contribution in [1.82, 2.24) is 0 Å². The average molecular weight is 797 g/mol. The van der Waals surface area contributed by atoms with Crippen molar-refractivity contribution in [2.24, 2.45) is 9.98 Å². The van der Waals surface area contributed by atoms with Crippen molar-refractivity contribution in [3.05, 3.63) is 194 Å². The first-order valence-corrected chi connectivity index (χ1v) is 22.3. The first-order chi connectivity index (χ1) is 25.5. The van der Waals surface area contributed by atoms with E-state index in [4.69, 9.17) is 34.6 Å². The van der Waals surface area contributed by atoms with Crippen LogP contribution >= 0.6 is 36.0 Å². The third kappa shape index (κ3) is 9.85. The molecule has 0 radical (unpaired) electrons. The number of benzene rings is 6. The van der Waals surface area contributed by atoms with Crippen molar-refractivity contribution < 1.29 is 17.6 Å². The van der Waals surface area contributed by atoms with E-state index in [0.717, 1.165) is 34.3 Å². The Morgan fingerprint density at radius 3 is 0.923 bits per heavy atom. The Labute approximate surface area is 323 Å². The number of nitrogens with zero attached hydrogens (tertiary/aromatic N) is 2. The van der Waals surface area contributed by atoms with E-state index in [1.54, 1.807) is 0 Å². The second-order valence-electron chi connectivity index (χ2n) is 11.7. The molecule has 0 unspecified atom stereocenters. The number of rotatable bonds is 10. The van der Waals surface area contributed by atoms with Crippen LogP contribution in [0.3, 0.4) is 0 Å². The van der Waals surface area contributed by atoms with E-state index in [9.17, 15) is 0 Å². The van der Waals surface area contributed by atoms with Crippen molar-refractivity contribution in [3.8, 4) is 0 Å². The molecule has 8 heteroatoms. The minimum absolute atomic E-state index is 0.194. The van der Waals surface area contributed by atoms with Crippen molar-refractivity contribution in [3.63, 3.8) is 0 Å². The van der Waals surface area contributed by atoms with E-state index >= 15 is 0 Å². The van der Waals surface area contributed by atoms with Crippen molar-refractivity contribution in [2.45, 2.75) is 13.8 Å². The summed E-state index contributed by atoms with van der Waals surface area (Å²) < 4.78 is 6.25. The van der Waals surface area contributed by atoms with E-state index in [1.807, 2.05) is 26.0 Å². The molecule has 0 atom stereocenters. The molecular weight excluding hydrogens is 761 g/mol. The SMILES string of the molecule is CC(=Nc1ccc(P(c2ccccc2)c2ccccc2)cc1)c1ccc(C(C)=Nc2ccc(P(c3ccccc3)c3ccccc3)cc2)o1.[Cl][Fe][Cl]. The zero-order valence-corrected chi connectivity index (χ0v) is 33.0. The fourth-order valence-corrected chi connectivity index (χ4v) is 10.3. The molecule has 0 spiro atoms. The van der Waals surface area contributed by atoms with Gasteiger partial charge in [-0.25, -0.2) is 9.98 Å². The fourth-order valence-electron chi connectivity index (χ4n) is 5.78. The van der Waals surface area contributed by atoms with Crippen molar-refractivity contribution >= 4 is 90.7 Å². The zero-order valence-electron chi connectivity index (χ0n) is 28.6. The Kier molecular flexibility index (Phi) is 13.8. The van der Waals surface area contributed by atoms with Crippen LogP contribution in [0.25, 0.3) is 0 Å². The Hall–Kier alpha value is -4.10. The predicted molar refractivity (Wildman–Crippen MR) is 224 cm³/mol. The first kappa shape index (κ1) is 37.6. The standard InChI is InChI=1S/C44H36N2OP2.2ClH.Fe/c1-33(45-35-23-27-41(28-24-35)48(37-15-7-3-8-16-37)38-17-9-4-10-18-38)43-31-32-44(47-43)34(2)46-36-25-29-42(30-26-36)49(39-19-11-5-12-20-39)40-21-13-6-14-22-40;;;/h3-32H,1-2H3;2*1H;/q;;;+2/p-2. The second kappa shape index (κ2) is 19.1. The van der Waals surface area contributed by atoms with E-state index in [-0.39, 0.29) is 13.1 Å². The zero-order chi connectivity index (χ0) is 36.1. The summed E-state index contributed by atoms with van der Waals surface area (Å²) in [5, 5.41) is 7.91. The Balaban J connectivity index is 0.00000150. The third-order valence-electron chi connectivity index (χ3n) is 8.19. The van der Waals surface area contributed by atoms with E-state index in [2.05, 4.69) is 170 Å². The molecule has 0 aliphatic heterocycles. The maximum atomic E-state index is 6.25. The van der Waals surface area contributed by atoms with Crippen LogP contribution < -0.4 is 31.8 Å². The summed E-state index contributed by atoms with van der Waals surface area (Å²) in [5.74, 6) is 1.47. The number of aliphatic imine (C=N–C) groups is 2. The first-order valence-electron chi connectivity index (χ1n) is 16.6. The van der Waals surface area contributed by atoms with Crippen LogP contribution in [0.15, 0.2) is 196 Å². The molecule has 0 saturated carbocycles. The van der Waals surface area contributed by atoms with E-state index in [0.29, 0.717) is 0 Å². The summed E-state index contributed by atoms with van der Waals surface area (Å²) in [6.07, 6.45) is 0. The molecule has 0 fully saturated rings. The Morgan fingerprint density at radius 1 is 0.404 bits per heavy atom. The van der Waals surface area contributed by atoms with Crippen LogP contribution in [0.4, 0.5) is 11.4 Å². The molecule has 6 aromatic carbocycles. The summed E-state index contributed by atoms with van der Waals surface area (Å²) in [7, 11) is 8.22. The van der Waals surface area contributed by atoms with Gasteiger partial charge in [-0.15, -0.1) is 0 Å². The summed E-state index contributed by atoms with van der Waals surface area (Å²) in [5.41, 5.74) is 3.43. The fraction of sp³-hybridized carbons (Fsp3) is 0.0455. The average Bonchev–Trinajstić information content (AvgIpc) is 3.70. The van der Waals surface area contributed by atoms with Crippen LogP contribution in [-0.4, -0.2) is 11.4 Å². The molecule has 0 aliphatic rings. The summed E-state index contributed by atoms with van der Waals surface area (Å²) in [6, 6.07) is 64.1. The van der Waals surface area contributed by atoms with Gasteiger partial charge in [0.25, 0.3) is 0 Å². The van der Waals surface area contributed by atoms with E-state index < -0.39 is 15.8 Å². The van der Waals surface area contributed by atoms with Crippen LogP contribution in [-0.2, 0) is 13.1 Å². The quantitative estimate of drug-likeness (QED) is 0.0772. The molecule has 0 bridgehead atoms. The van der Waals surface area contributed by atoms with Gasteiger partial charge >= 0.3 is 33.3 Å². The Morgan fingerprint density at radius 2 is 0.654 bits per heavy atom. The van der Waals surface area contributed by atoms with Gasteiger partial charge in [-0.05, 0) is 97.9 Å². The van der Waals surface area contributed by atoms with Gasteiger partial charge in [0.1, 0.15) is 11.5 Å². The number of hydrogen-bond donors (Lipinski definition) is 0. The monoisotopic (exact) mass is 796 g/mol. The van der Waals surface area contributed by atoms with Crippen LogP contribution in [0, 0.1) is 0 Å². The molecule has 3 nitrogen and oxygen atoms in total. The van der Waals surface area contributed by atoms with Gasteiger partial charge in [0, 0.05) is 0 Å². The van der Waals surface area contributed by atoms with Gasteiger partial charge in [-0.2, -0.15) is 0 Å². The maximum absolute atomic E-state index is 6.25. The third-order valence-corrected chi connectivity index (χ3v) is 13.1. The second-order valence-corrected chi connectivity index (χ2v) is 17.9. The molecule has 0 saturated heterocycles. The predicted octanol–water partition coefficient (Wildman–Crippen LogP) is 10.5. The number of halogens is 2. The van der Waals surface area contributed by atoms with Gasteiger partial charge in [0.15, 0.2) is 0 Å². The molecule has 52 heavy (non-hydrogen) atoms. The molecule has 7 rings (SSSR count). The van der Waals surface area contributed by atoms with Crippen LogP contribution in [0.5, 0.6) is 0 Å². The minimum atomic E-state index is -0.654. The van der Waals surface area contributed by atoms with Gasteiger partial charge < -0.3 is 4.42 Å². The summed E-state index contributed by atoms with van der Waals surface area (Å²) in [6.45, 7) is 3.97. The molecular formula is C44H36Cl2FeN2OP2. The van der Waals surface area contributed by atoms with Crippen molar-refractivity contribution in [1.29, 1.82) is 0 Å². The molecule has 260 valence electrons. The molecule has 0 amide bonds. The summed E-state index contributed by atoms with van der Waals surface area (Å²) >= 11 is 0.194. The van der Waals surface area contributed by atoms with E-state index in [1.165, 1.54) is 31.8 Å². The molecule has 0 N–H and O–H groups in total. The van der Waals surface area contributed by atoms with Gasteiger partial charge in [-0.1, -0.05) is 146 Å². The van der Waals surface area contributed by atoms with Gasteiger partial charge in [0.05, 0.1) is 22.8 Å².